The summed E-state index contributed by atoms with van der Waals surface area (Å²) in [5, 5.41) is 0.460. The van der Waals surface area contributed by atoms with Gasteiger partial charge in [-0.2, -0.15) is 0 Å². The van der Waals surface area contributed by atoms with E-state index in [-0.39, 0.29) is 30.3 Å². The van der Waals surface area contributed by atoms with E-state index in [1.165, 1.54) is 4.90 Å². The van der Waals surface area contributed by atoms with Crippen molar-refractivity contribution in [2.24, 2.45) is 0 Å². The van der Waals surface area contributed by atoms with E-state index in [1.54, 1.807) is 30.4 Å². The zero-order chi connectivity index (χ0) is 21.2. The van der Waals surface area contributed by atoms with Crippen LogP contribution in [-0.2, 0) is 32.7 Å². The van der Waals surface area contributed by atoms with Crippen LogP contribution >= 0.6 is 30.9 Å². The minimum absolute atomic E-state index is 0.139. The highest BCUT2D eigenvalue weighted by Crippen LogP contribution is 2.52. The smallest absolute Gasteiger partial charge is 0.412 e. The lowest BCUT2D eigenvalue weighted by Crippen LogP contribution is -2.48. The van der Waals surface area contributed by atoms with E-state index in [2.05, 4.69) is 27.7 Å². The summed E-state index contributed by atoms with van der Waals surface area (Å²) in [7, 11) is -0.594. The molecule has 0 spiro atoms. The first-order chi connectivity index (χ1) is 13.2. The zero-order valence-electron chi connectivity index (χ0n) is 17.0. The molecule has 9 heteroatoms. The average Bonchev–Trinajstić information content (AvgIpc) is 2.64. The van der Waals surface area contributed by atoms with Gasteiger partial charge in [-0.05, 0) is 19.8 Å². The molecule has 0 bridgehead atoms. The summed E-state index contributed by atoms with van der Waals surface area (Å²) in [6.45, 7) is 10.2. The van der Waals surface area contributed by atoms with Crippen molar-refractivity contribution in [3.05, 3.63) is 35.9 Å². The fraction of sp³-hybridized carbons (Fsp3) is 0.579. The molecule has 1 unspecified atom stereocenters. The number of esters is 1. The van der Waals surface area contributed by atoms with Crippen molar-refractivity contribution < 1.29 is 19.1 Å². The highest BCUT2D eigenvalue weighted by atomic mass is 32.4. The Kier molecular flexibility index (Phi) is 11.6. The number of carbonyl (C=O) groups is 2. The monoisotopic (exact) mass is 463 g/mol. The number of hydrogen-bond donors (Lipinski definition) is 0. The molecule has 0 saturated carbocycles. The van der Waals surface area contributed by atoms with Crippen LogP contribution in [0.15, 0.2) is 30.3 Å². The Bertz CT molecular complexity index is 633. The van der Waals surface area contributed by atoms with Crippen LogP contribution in [0.25, 0.3) is 0 Å². The largest absolute Gasteiger partial charge is 0.465 e. The van der Waals surface area contributed by atoms with Crippen molar-refractivity contribution in [1.82, 2.24) is 4.90 Å². The predicted octanol–water partition coefficient (Wildman–Crippen LogP) is 4.96. The lowest BCUT2D eigenvalue weighted by atomic mass is 10.2. The van der Waals surface area contributed by atoms with Crippen LogP contribution < -0.4 is 0 Å². The third-order valence-corrected chi connectivity index (χ3v) is 10.0. The molecule has 0 aliphatic heterocycles. The van der Waals surface area contributed by atoms with Crippen molar-refractivity contribution in [2.45, 2.75) is 55.7 Å². The van der Waals surface area contributed by atoms with Gasteiger partial charge in [0.2, 0.25) is 0 Å². The molecule has 1 aromatic carbocycles. The zero-order valence-corrected chi connectivity index (χ0v) is 20.6. The van der Waals surface area contributed by atoms with Gasteiger partial charge in [-0.25, -0.2) is 4.79 Å². The molecule has 1 rings (SSSR count). The molecule has 0 saturated heterocycles. The second-order valence-corrected chi connectivity index (χ2v) is 13.0. The van der Waals surface area contributed by atoms with Crippen LogP contribution in [0.3, 0.4) is 0 Å². The molecule has 0 aliphatic rings. The summed E-state index contributed by atoms with van der Waals surface area (Å²) < 4.78 is 9.95. The van der Waals surface area contributed by atoms with Crippen molar-refractivity contribution in [3.8, 4) is 0 Å². The molecule has 1 atom stereocenters. The fourth-order valence-corrected chi connectivity index (χ4v) is 9.43. The van der Waals surface area contributed by atoms with Crippen molar-refractivity contribution >= 4 is 54.7 Å². The van der Waals surface area contributed by atoms with Crippen LogP contribution in [0, 0.1) is 0 Å². The SMILES string of the molecule is CCOC(=O)CN(C(=O)OCc1ccccc1)C([PH2]=S)(SC(C)C)SC(C)C. The molecule has 0 aliphatic carbocycles. The van der Waals surface area contributed by atoms with E-state index in [0.717, 1.165) is 5.56 Å². The Hall–Kier alpha value is -0.690. The molecule has 0 heterocycles. The van der Waals surface area contributed by atoms with E-state index in [0.29, 0.717) is 0 Å². The highest BCUT2D eigenvalue weighted by Gasteiger charge is 2.42. The molecule has 28 heavy (non-hydrogen) atoms. The standard InChI is InChI=1S/C19H30NO4PS3/c1-6-23-17(21)12-20(18(22)24-13-16-10-8-7-9-11-16)19(25-26,27-14(2)3)28-15(4)5/h7-11,14-15H,6,12-13,25H2,1-5H3. The Morgan fingerprint density at radius 3 is 2.14 bits per heavy atom. The Morgan fingerprint density at radius 1 is 1.11 bits per heavy atom. The highest BCUT2D eigenvalue weighted by molar-refractivity contribution is 8.27. The van der Waals surface area contributed by atoms with Gasteiger partial charge in [0.05, 0.1) is 6.61 Å². The number of rotatable bonds is 11. The van der Waals surface area contributed by atoms with E-state index in [1.807, 2.05) is 30.3 Å². The van der Waals surface area contributed by atoms with Gasteiger partial charge < -0.3 is 9.47 Å². The van der Waals surface area contributed by atoms with Crippen molar-refractivity contribution in [2.75, 3.05) is 13.2 Å². The van der Waals surface area contributed by atoms with Crippen LogP contribution in [0.5, 0.6) is 0 Å². The second-order valence-electron chi connectivity index (χ2n) is 6.51. The first-order valence-electron chi connectivity index (χ1n) is 9.20. The molecule has 1 amide bonds. The van der Waals surface area contributed by atoms with E-state index >= 15 is 0 Å². The number of hydrogen-bond acceptors (Lipinski definition) is 7. The molecule has 0 N–H and O–H groups in total. The van der Waals surface area contributed by atoms with Crippen molar-refractivity contribution in [1.29, 1.82) is 0 Å². The maximum absolute atomic E-state index is 13.1. The van der Waals surface area contributed by atoms with Crippen LogP contribution in [0.2, 0.25) is 0 Å². The second kappa shape index (κ2) is 12.8. The predicted molar refractivity (Wildman–Crippen MR) is 125 cm³/mol. The van der Waals surface area contributed by atoms with E-state index in [4.69, 9.17) is 21.3 Å². The third kappa shape index (κ3) is 8.36. The van der Waals surface area contributed by atoms with Gasteiger partial charge in [0.1, 0.15) is 13.2 Å². The first kappa shape index (κ1) is 25.3. The lowest BCUT2D eigenvalue weighted by molar-refractivity contribution is -0.144. The quantitative estimate of drug-likeness (QED) is 0.261. The molecule has 0 aromatic heterocycles. The summed E-state index contributed by atoms with van der Waals surface area (Å²) in [6.07, 6.45) is -0.546. The van der Waals surface area contributed by atoms with Gasteiger partial charge in [-0.1, -0.05) is 69.8 Å². The molecular weight excluding hydrogens is 433 g/mol. The maximum Gasteiger partial charge on any atom is 0.412 e. The Balaban J connectivity index is 3.15. The number of ether oxygens (including phenoxy) is 2. The van der Waals surface area contributed by atoms with Gasteiger partial charge in [0.25, 0.3) is 0 Å². The number of nitrogens with zero attached hydrogens (tertiary/aromatic N) is 1. The molecule has 158 valence electrons. The number of amides is 1. The summed E-state index contributed by atoms with van der Waals surface area (Å²) in [6, 6.07) is 9.46. The van der Waals surface area contributed by atoms with Gasteiger partial charge in [-0.15, -0.1) is 23.5 Å². The Labute approximate surface area is 183 Å². The molecule has 0 radical (unpaired) electrons. The van der Waals surface area contributed by atoms with Gasteiger partial charge in [-0.3, -0.25) is 9.69 Å². The average molecular weight is 464 g/mol. The normalized spacial score (nSPS) is 12.0. The van der Waals surface area contributed by atoms with Crippen LogP contribution in [-0.4, -0.2) is 44.6 Å². The molecular formula is C19H30NO4PS3. The third-order valence-electron chi connectivity index (χ3n) is 3.35. The number of carbonyl (C=O) groups excluding carboxylic acids is 2. The number of benzene rings is 1. The van der Waals surface area contributed by atoms with Gasteiger partial charge in [0, 0.05) is 10.5 Å². The summed E-state index contributed by atoms with van der Waals surface area (Å²) >= 11 is 8.77. The van der Waals surface area contributed by atoms with E-state index in [9.17, 15) is 9.59 Å². The minimum Gasteiger partial charge on any atom is -0.465 e. The summed E-state index contributed by atoms with van der Waals surface area (Å²) in [5.74, 6) is -0.458. The topological polar surface area (TPSA) is 55.8 Å². The van der Waals surface area contributed by atoms with Crippen molar-refractivity contribution in [3.63, 3.8) is 0 Å². The summed E-state index contributed by atoms with van der Waals surface area (Å²) in [4.78, 5) is 26.8. The Morgan fingerprint density at radius 2 is 1.68 bits per heavy atom. The van der Waals surface area contributed by atoms with Crippen LogP contribution in [0.4, 0.5) is 4.79 Å². The summed E-state index contributed by atoms with van der Waals surface area (Å²) in [5.41, 5.74) is 0.885. The number of thioether (sulfide) groups is 2. The minimum atomic E-state index is -0.710. The first-order valence-corrected chi connectivity index (χ1v) is 13.4. The van der Waals surface area contributed by atoms with Gasteiger partial charge >= 0.3 is 12.1 Å². The molecule has 1 aromatic rings. The lowest BCUT2D eigenvalue weighted by Gasteiger charge is -2.41. The van der Waals surface area contributed by atoms with Gasteiger partial charge in [0.15, 0.2) is 3.94 Å². The molecule has 0 fully saturated rings. The fourth-order valence-electron chi connectivity index (χ4n) is 2.38. The van der Waals surface area contributed by atoms with E-state index < -0.39 is 23.4 Å². The molecule has 5 nitrogen and oxygen atoms in total. The van der Waals surface area contributed by atoms with Crippen LogP contribution in [0.1, 0.15) is 40.2 Å². The maximum atomic E-state index is 13.1.